The number of allylic oxidation sites excluding steroid dienone is 2. The molecular weight excluding hydrogens is 551 g/mol. The van der Waals surface area contributed by atoms with Gasteiger partial charge in [-0.2, -0.15) is 0 Å². The van der Waals surface area contributed by atoms with Gasteiger partial charge >= 0.3 is 0 Å². The van der Waals surface area contributed by atoms with E-state index in [1.807, 2.05) is 23.6 Å². The monoisotopic (exact) mass is 574 g/mol. The zero-order valence-corrected chi connectivity index (χ0v) is 22.8. The number of imide groups is 2. The molecule has 3 fully saturated rings. The van der Waals surface area contributed by atoms with Crippen molar-refractivity contribution in [2.45, 2.75) is 35.1 Å². The van der Waals surface area contributed by atoms with Crippen LogP contribution in [0.2, 0.25) is 0 Å². The van der Waals surface area contributed by atoms with Crippen LogP contribution in [0.3, 0.4) is 0 Å². The van der Waals surface area contributed by atoms with Gasteiger partial charge in [0.2, 0.25) is 11.8 Å². The second-order valence-electron chi connectivity index (χ2n) is 10.2. The number of alkyl halides is 2. The van der Waals surface area contributed by atoms with Crippen molar-refractivity contribution in [3.05, 3.63) is 57.8 Å². The van der Waals surface area contributed by atoms with E-state index in [9.17, 15) is 24.3 Å². The highest BCUT2D eigenvalue weighted by Gasteiger charge is 2.76. The lowest BCUT2D eigenvalue weighted by Gasteiger charge is -2.50. The Hall–Kier alpha value is -2.88. The standard InChI is InChI=1S/C27H24Cl2N2O6S/c1-30-24(35)26(28)11-17-14(20(27(26,29)25(30)36)16-6-3-7-18(37-2)21(16)32)8-9-15-19(17)23(34)31(22(15)33)12-13-5-4-10-38-13/h3-8,10,15,17,19-20,32H,9,11-12H2,1-2H3/t15-,17+,19-,20+,26+,27-/m0/s1. The maximum absolute atomic E-state index is 13.8. The van der Waals surface area contributed by atoms with E-state index >= 15 is 0 Å². The number of aromatic hydroxyl groups is 1. The molecule has 2 aliphatic carbocycles. The Morgan fingerprint density at radius 3 is 2.53 bits per heavy atom. The molecule has 4 aliphatic rings. The van der Waals surface area contributed by atoms with Gasteiger partial charge in [-0.25, -0.2) is 0 Å². The summed E-state index contributed by atoms with van der Waals surface area (Å²) in [6.45, 7) is 0.177. The van der Waals surface area contributed by atoms with Crippen LogP contribution in [0.1, 0.15) is 29.2 Å². The zero-order chi connectivity index (χ0) is 27.1. The van der Waals surface area contributed by atoms with E-state index < -0.39 is 45.2 Å². The molecule has 0 radical (unpaired) electrons. The molecule has 2 aliphatic heterocycles. The second-order valence-corrected chi connectivity index (χ2v) is 12.5. The molecule has 0 unspecified atom stereocenters. The normalized spacial score (nSPS) is 34.3. The largest absolute Gasteiger partial charge is 0.504 e. The minimum atomic E-state index is -1.96. The number of phenols is 1. The molecule has 1 saturated carbocycles. The van der Waals surface area contributed by atoms with Gasteiger partial charge in [0.1, 0.15) is 0 Å². The smallest absolute Gasteiger partial charge is 0.253 e. The van der Waals surface area contributed by atoms with Crippen LogP contribution >= 0.6 is 34.5 Å². The number of likely N-dealkylation sites (tertiary alicyclic amines) is 2. The Balaban J connectivity index is 1.51. The number of para-hydroxylation sites is 1. The van der Waals surface area contributed by atoms with Crippen molar-refractivity contribution in [1.82, 2.24) is 9.80 Å². The number of phenolic OH excluding ortho intramolecular Hbond substituents is 1. The van der Waals surface area contributed by atoms with Crippen LogP contribution in [0.15, 0.2) is 47.4 Å². The average Bonchev–Trinajstić information content (AvgIpc) is 3.54. The Kier molecular flexibility index (Phi) is 5.72. The quantitative estimate of drug-likeness (QED) is 0.339. The molecule has 198 valence electrons. The first-order valence-corrected chi connectivity index (χ1v) is 13.8. The SMILES string of the molecule is COc1cccc([C@H]2C3=CC[C@@H]4C(=O)N(Cc5cccs5)C(=O)[C@@H]4[C@@H]3C[C@@]3(Cl)C(=O)N(C)C(=O)[C@@]23Cl)c1O. The molecular formula is C27H24Cl2N2O6S. The molecule has 6 atom stereocenters. The van der Waals surface area contributed by atoms with Crippen LogP contribution in [0.4, 0.5) is 0 Å². The third-order valence-corrected chi connectivity index (χ3v) is 10.8. The Bertz CT molecular complexity index is 1430. The summed E-state index contributed by atoms with van der Waals surface area (Å²) < 4.78 is 5.30. The molecule has 2 saturated heterocycles. The van der Waals surface area contributed by atoms with E-state index in [2.05, 4.69) is 0 Å². The van der Waals surface area contributed by atoms with Crippen LogP contribution in [0.25, 0.3) is 0 Å². The van der Waals surface area contributed by atoms with E-state index in [0.29, 0.717) is 5.57 Å². The summed E-state index contributed by atoms with van der Waals surface area (Å²) in [5, 5.41) is 13.0. The molecule has 1 aromatic heterocycles. The molecule has 1 N–H and O–H groups in total. The predicted octanol–water partition coefficient (Wildman–Crippen LogP) is 3.65. The van der Waals surface area contributed by atoms with Gasteiger partial charge in [0.25, 0.3) is 11.8 Å². The summed E-state index contributed by atoms with van der Waals surface area (Å²) in [6, 6.07) is 8.56. The van der Waals surface area contributed by atoms with Crippen molar-refractivity contribution < 1.29 is 29.0 Å². The summed E-state index contributed by atoms with van der Waals surface area (Å²) in [4.78, 5) is 53.5. The third-order valence-electron chi connectivity index (χ3n) is 8.56. The fourth-order valence-corrected chi connectivity index (χ4v) is 8.51. The fraction of sp³-hybridized carbons (Fsp3) is 0.407. The molecule has 0 spiro atoms. The van der Waals surface area contributed by atoms with Crippen LogP contribution in [-0.4, -0.2) is 62.4 Å². The fourth-order valence-electron chi connectivity index (χ4n) is 6.81. The maximum Gasteiger partial charge on any atom is 0.253 e. The number of carbonyl (C=O) groups is 4. The summed E-state index contributed by atoms with van der Waals surface area (Å²) >= 11 is 15.7. The van der Waals surface area contributed by atoms with Gasteiger partial charge in [-0.3, -0.25) is 29.0 Å². The molecule has 11 heteroatoms. The number of fused-ring (bicyclic) bond motifs is 4. The van der Waals surface area contributed by atoms with Crippen LogP contribution in [-0.2, 0) is 25.7 Å². The number of hydrogen-bond acceptors (Lipinski definition) is 7. The highest BCUT2D eigenvalue weighted by molar-refractivity contribution is 7.09. The highest BCUT2D eigenvalue weighted by atomic mass is 35.5. The number of carbonyl (C=O) groups excluding carboxylic acids is 4. The zero-order valence-electron chi connectivity index (χ0n) is 20.5. The molecule has 3 heterocycles. The van der Waals surface area contributed by atoms with E-state index in [-0.39, 0.29) is 48.3 Å². The molecule has 38 heavy (non-hydrogen) atoms. The summed E-state index contributed by atoms with van der Waals surface area (Å²) in [6.07, 6.45) is 2.02. The third kappa shape index (κ3) is 3.09. The van der Waals surface area contributed by atoms with Crippen LogP contribution < -0.4 is 4.74 Å². The Labute approximate surface area is 232 Å². The number of nitrogens with zero attached hydrogens (tertiary/aromatic N) is 2. The molecule has 6 rings (SSSR count). The van der Waals surface area contributed by atoms with E-state index in [1.54, 1.807) is 18.2 Å². The number of ether oxygens (including phenoxy) is 1. The van der Waals surface area contributed by atoms with Gasteiger partial charge in [-0.1, -0.05) is 29.8 Å². The minimum Gasteiger partial charge on any atom is -0.504 e. The average molecular weight is 575 g/mol. The molecule has 1 aromatic carbocycles. The van der Waals surface area contributed by atoms with Gasteiger partial charge in [0.05, 0.1) is 25.5 Å². The summed E-state index contributed by atoms with van der Waals surface area (Å²) in [7, 11) is 2.73. The lowest BCUT2D eigenvalue weighted by atomic mass is 9.56. The predicted molar refractivity (Wildman–Crippen MR) is 140 cm³/mol. The van der Waals surface area contributed by atoms with Crippen molar-refractivity contribution >= 4 is 58.2 Å². The summed E-state index contributed by atoms with van der Waals surface area (Å²) in [5.74, 6) is -5.04. The number of methoxy groups -OCH3 is 1. The van der Waals surface area contributed by atoms with Crippen molar-refractivity contribution in [1.29, 1.82) is 0 Å². The highest BCUT2D eigenvalue weighted by Crippen LogP contribution is 2.66. The lowest BCUT2D eigenvalue weighted by molar-refractivity contribution is -0.141. The van der Waals surface area contributed by atoms with Crippen molar-refractivity contribution in [3.8, 4) is 11.5 Å². The van der Waals surface area contributed by atoms with E-state index in [1.165, 1.54) is 30.4 Å². The van der Waals surface area contributed by atoms with Gasteiger partial charge in [-0.15, -0.1) is 34.5 Å². The van der Waals surface area contributed by atoms with Crippen LogP contribution in [0.5, 0.6) is 11.5 Å². The van der Waals surface area contributed by atoms with Gasteiger partial charge in [-0.05, 0) is 36.3 Å². The number of halogens is 2. The van der Waals surface area contributed by atoms with Crippen molar-refractivity contribution in [2.24, 2.45) is 17.8 Å². The lowest BCUT2D eigenvalue weighted by Crippen LogP contribution is -2.60. The molecule has 0 bridgehead atoms. The first kappa shape index (κ1) is 25.4. The molecule has 8 nitrogen and oxygen atoms in total. The summed E-state index contributed by atoms with van der Waals surface area (Å²) in [5.41, 5.74) is 0.888. The van der Waals surface area contributed by atoms with Gasteiger partial charge < -0.3 is 9.84 Å². The molecule has 2 aromatic rings. The first-order valence-electron chi connectivity index (χ1n) is 12.2. The first-order chi connectivity index (χ1) is 18.1. The number of amides is 4. The van der Waals surface area contributed by atoms with Crippen molar-refractivity contribution in [2.75, 3.05) is 14.2 Å². The maximum atomic E-state index is 13.8. The van der Waals surface area contributed by atoms with Gasteiger partial charge in [0, 0.05) is 23.4 Å². The van der Waals surface area contributed by atoms with E-state index in [0.717, 1.165) is 9.78 Å². The Morgan fingerprint density at radius 2 is 1.84 bits per heavy atom. The van der Waals surface area contributed by atoms with Crippen LogP contribution in [0, 0.1) is 17.8 Å². The topological polar surface area (TPSA) is 104 Å². The number of thiophene rings is 1. The van der Waals surface area contributed by atoms with E-state index in [4.69, 9.17) is 27.9 Å². The Morgan fingerprint density at radius 1 is 1.08 bits per heavy atom. The number of benzene rings is 1. The van der Waals surface area contributed by atoms with Gasteiger partial charge in [0.15, 0.2) is 21.2 Å². The van der Waals surface area contributed by atoms with Crippen molar-refractivity contribution in [3.63, 3.8) is 0 Å². The number of rotatable bonds is 4. The number of hydrogen-bond donors (Lipinski definition) is 1. The second kappa shape index (κ2) is 8.56. The minimum absolute atomic E-state index is 0.0902. The molecule has 4 amide bonds.